The monoisotopic (exact) mass is 435 g/mol. The van der Waals surface area contributed by atoms with Gasteiger partial charge in [0.1, 0.15) is 5.75 Å². The average Bonchev–Trinajstić information content (AvgIpc) is 3.28. The molecule has 0 saturated heterocycles. The number of fused-ring (bicyclic) bond motifs is 7. The van der Waals surface area contributed by atoms with Crippen LogP contribution in [0.25, 0.3) is 65.6 Å². The molecule has 34 heavy (non-hydrogen) atoms. The summed E-state index contributed by atoms with van der Waals surface area (Å²) < 4.78 is 0. The lowest BCUT2D eigenvalue weighted by Crippen LogP contribution is -1.87. The first-order chi connectivity index (χ1) is 16.8. The standard InChI is InChI=1S/C32H21NO/c34-32-23(20-9-2-1-3-10-20)15-8-16-26(32)27-19-29-31(25-14-7-6-13-24(25)27)30-22-12-5-4-11-21(22)17-18-28(30)33-29/h1-19,33-34H. The third-order valence-electron chi connectivity index (χ3n) is 6.90. The van der Waals surface area contributed by atoms with Gasteiger partial charge in [0.15, 0.2) is 0 Å². The molecule has 0 aliphatic carbocycles. The molecule has 0 aliphatic rings. The van der Waals surface area contributed by atoms with E-state index in [1.807, 2.05) is 48.5 Å². The summed E-state index contributed by atoms with van der Waals surface area (Å²) in [5, 5.41) is 18.7. The van der Waals surface area contributed by atoms with Crippen LogP contribution in [0.2, 0.25) is 0 Å². The van der Waals surface area contributed by atoms with E-state index in [1.54, 1.807) is 0 Å². The number of H-pyrrole nitrogens is 1. The number of rotatable bonds is 2. The highest BCUT2D eigenvalue weighted by Gasteiger charge is 2.17. The van der Waals surface area contributed by atoms with Crippen LogP contribution >= 0.6 is 0 Å². The number of hydrogen-bond acceptors (Lipinski definition) is 1. The van der Waals surface area contributed by atoms with Crippen LogP contribution < -0.4 is 0 Å². The summed E-state index contributed by atoms with van der Waals surface area (Å²) in [6, 6.07) is 39.6. The number of aromatic amines is 1. The maximum atomic E-state index is 11.4. The molecule has 0 saturated carbocycles. The minimum atomic E-state index is 0.305. The predicted molar refractivity (Wildman–Crippen MR) is 143 cm³/mol. The largest absolute Gasteiger partial charge is 0.507 e. The minimum Gasteiger partial charge on any atom is -0.507 e. The summed E-state index contributed by atoms with van der Waals surface area (Å²) in [5.74, 6) is 0.305. The Morgan fingerprint density at radius 1 is 0.471 bits per heavy atom. The summed E-state index contributed by atoms with van der Waals surface area (Å²) >= 11 is 0. The molecule has 0 unspecified atom stereocenters. The van der Waals surface area contributed by atoms with E-state index >= 15 is 0 Å². The van der Waals surface area contributed by atoms with Crippen molar-refractivity contribution < 1.29 is 5.11 Å². The number of phenols is 1. The van der Waals surface area contributed by atoms with Gasteiger partial charge in [-0.1, -0.05) is 103 Å². The Bertz CT molecular complexity index is 1860. The van der Waals surface area contributed by atoms with Crippen LogP contribution in [0.4, 0.5) is 0 Å². The van der Waals surface area contributed by atoms with Gasteiger partial charge in [0.05, 0.1) is 0 Å². The number of para-hydroxylation sites is 1. The van der Waals surface area contributed by atoms with E-state index < -0.39 is 0 Å². The molecule has 0 fully saturated rings. The Hall–Kier alpha value is -4.56. The molecule has 0 spiro atoms. The first-order valence-corrected chi connectivity index (χ1v) is 11.5. The maximum absolute atomic E-state index is 11.4. The molecule has 2 N–H and O–H groups in total. The van der Waals surface area contributed by atoms with E-state index in [0.29, 0.717) is 5.75 Å². The van der Waals surface area contributed by atoms with Crippen molar-refractivity contribution in [2.75, 3.05) is 0 Å². The summed E-state index contributed by atoms with van der Waals surface area (Å²) in [7, 11) is 0. The van der Waals surface area contributed by atoms with Crippen LogP contribution in [-0.2, 0) is 0 Å². The molecule has 2 nitrogen and oxygen atoms in total. The number of aromatic hydroxyl groups is 1. The van der Waals surface area contributed by atoms with Crippen molar-refractivity contribution in [3.8, 4) is 28.0 Å². The van der Waals surface area contributed by atoms with Crippen molar-refractivity contribution in [3.05, 3.63) is 115 Å². The van der Waals surface area contributed by atoms with Crippen LogP contribution in [0.1, 0.15) is 0 Å². The Morgan fingerprint density at radius 3 is 2.00 bits per heavy atom. The molecule has 0 amide bonds. The van der Waals surface area contributed by atoms with Crippen LogP contribution in [0.5, 0.6) is 5.75 Å². The third-order valence-corrected chi connectivity index (χ3v) is 6.90. The molecule has 0 radical (unpaired) electrons. The van der Waals surface area contributed by atoms with Crippen molar-refractivity contribution in [1.82, 2.24) is 4.98 Å². The molecular formula is C32H21NO. The SMILES string of the molecule is Oc1c(-c2ccccc2)cccc1-c1cc2[nH]c3ccc4ccccc4c3c2c2ccccc12. The smallest absolute Gasteiger partial charge is 0.131 e. The molecule has 7 rings (SSSR count). The molecule has 7 aromatic rings. The summed E-state index contributed by atoms with van der Waals surface area (Å²) in [6.07, 6.45) is 0. The lowest BCUT2D eigenvalue weighted by molar-refractivity contribution is 0.479. The number of nitrogens with one attached hydrogen (secondary N) is 1. The van der Waals surface area contributed by atoms with Crippen LogP contribution in [-0.4, -0.2) is 10.1 Å². The van der Waals surface area contributed by atoms with E-state index in [-0.39, 0.29) is 0 Å². The second kappa shape index (κ2) is 7.23. The van der Waals surface area contributed by atoms with Gasteiger partial charge >= 0.3 is 0 Å². The molecule has 0 atom stereocenters. The van der Waals surface area contributed by atoms with Crippen LogP contribution in [0, 0.1) is 0 Å². The zero-order valence-corrected chi connectivity index (χ0v) is 18.4. The number of aromatic nitrogens is 1. The summed E-state index contributed by atoms with van der Waals surface area (Å²) in [6.45, 7) is 0. The Kier molecular flexibility index (Phi) is 4.03. The fourth-order valence-electron chi connectivity index (χ4n) is 5.37. The fraction of sp³-hybridized carbons (Fsp3) is 0. The molecule has 0 aliphatic heterocycles. The zero-order valence-electron chi connectivity index (χ0n) is 18.4. The van der Waals surface area contributed by atoms with E-state index in [2.05, 4.69) is 71.7 Å². The predicted octanol–water partition coefficient (Wildman–Crippen LogP) is 8.67. The van der Waals surface area contributed by atoms with Gasteiger partial charge in [-0.2, -0.15) is 0 Å². The van der Waals surface area contributed by atoms with Gasteiger partial charge in [0, 0.05) is 32.9 Å². The van der Waals surface area contributed by atoms with Crippen molar-refractivity contribution in [3.63, 3.8) is 0 Å². The maximum Gasteiger partial charge on any atom is 0.131 e. The van der Waals surface area contributed by atoms with Gasteiger partial charge in [-0.3, -0.25) is 0 Å². The Balaban J connectivity index is 1.60. The number of hydrogen-bond donors (Lipinski definition) is 2. The molecule has 2 heteroatoms. The zero-order chi connectivity index (χ0) is 22.6. The van der Waals surface area contributed by atoms with E-state index in [0.717, 1.165) is 38.7 Å². The van der Waals surface area contributed by atoms with E-state index in [4.69, 9.17) is 0 Å². The first kappa shape index (κ1) is 19.0. The lowest BCUT2D eigenvalue weighted by atomic mass is 9.91. The first-order valence-electron chi connectivity index (χ1n) is 11.5. The van der Waals surface area contributed by atoms with Gasteiger partial charge in [-0.15, -0.1) is 0 Å². The summed E-state index contributed by atoms with van der Waals surface area (Å²) in [5.41, 5.74) is 5.90. The quantitative estimate of drug-likeness (QED) is 0.280. The minimum absolute atomic E-state index is 0.305. The van der Waals surface area contributed by atoms with Crippen molar-refractivity contribution in [2.45, 2.75) is 0 Å². The second-order valence-corrected chi connectivity index (χ2v) is 8.79. The van der Waals surface area contributed by atoms with Crippen molar-refractivity contribution in [1.29, 1.82) is 0 Å². The van der Waals surface area contributed by atoms with Crippen LogP contribution in [0.3, 0.4) is 0 Å². The molecule has 6 aromatic carbocycles. The normalized spacial score (nSPS) is 11.6. The number of benzene rings is 6. The van der Waals surface area contributed by atoms with Gasteiger partial charge in [-0.05, 0) is 44.8 Å². The van der Waals surface area contributed by atoms with Crippen LogP contribution in [0.15, 0.2) is 115 Å². The summed E-state index contributed by atoms with van der Waals surface area (Å²) in [4.78, 5) is 3.66. The fourth-order valence-corrected chi connectivity index (χ4v) is 5.37. The molecule has 1 heterocycles. The van der Waals surface area contributed by atoms with Crippen molar-refractivity contribution >= 4 is 43.4 Å². The highest BCUT2D eigenvalue weighted by molar-refractivity contribution is 6.29. The van der Waals surface area contributed by atoms with Crippen molar-refractivity contribution in [2.24, 2.45) is 0 Å². The van der Waals surface area contributed by atoms with Gasteiger partial charge < -0.3 is 10.1 Å². The Morgan fingerprint density at radius 2 is 1.15 bits per heavy atom. The Labute approximate surface area is 196 Å². The van der Waals surface area contributed by atoms with Gasteiger partial charge in [-0.25, -0.2) is 0 Å². The van der Waals surface area contributed by atoms with E-state index in [1.165, 1.54) is 26.9 Å². The molecule has 0 bridgehead atoms. The highest BCUT2D eigenvalue weighted by atomic mass is 16.3. The molecule has 160 valence electrons. The highest BCUT2D eigenvalue weighted by Crippen LogP contribution is 2.44. The lowest BCUT2D eigenvalue weighted by Gasteiger charge is -2.14. The average molecular weight is 436 g/mol. The third kappa shape index (κ3) is 2.69. The van der Waals surface area contributed by atoms with Gasteiger partial charge in [0.2, 0.25) is 0 Å². The topological polar surface area (TPSA) is 36.0 Å². The van der Waals surface area contributed by atoms with E-state index in [9.17, 15) is 5.11 Å². The molecular weight excluding hydrogens is 414 g/mol. The molecule has 1 aromatic heterocycles. The second-order valence-electron chi connectivity index (χ2n) is 8.79. The number of phenolic OH excluding ortho intramolecular Hbond substituents is 1. The van der Waals surface area contributed by atoms with Gasteiger partial charge in [0.25, 0.3) is 0 Å².